The van der Waals surface area contributed by atoms with E-state index in [9.17, 15) is 4.79 Å². The minimum absolute atomic E-state index is 0.0786. The first-order valence-corrected chi connectivity index (χ1v) is 10.4. The molecule has 1 aliphatic rings. The average Bonchev–Trinajstić information content (AvgIpc) is 3.30. The van der Waals surface area contributed by atoms with Gasteiger partial charge in [0.15, 0.2) is 5.65 Å². The minimum Gasteiger partial charge on any atom is -0.350 e. The lowest BCUT2D eigenvalue weighted by Gasteiger charge is -2.23. The van der Waals surface area contributed by atoms with E-state index in [4.69, 9.17) is 5.10 Å². The van der Waals surface area contributed by atoms with Gasteiger partial charge < -0.3 is 5.32 Å². The molecule has 0 saturated carbocycles. The number of nitrogens with one attached hydrogen (secondary N) is 1. The monoisotopic (exact) mass is 391 g/mol. The Labute approximate surface area is 171 Å². The zero-order valence-electron chi connectivity index (χ0n) is 17.7. The van der Waals surface area contributed by atoms with Gasteiger partial charge in [-0.25, -0.2) is 9.50 Å². The van der Waals surface area contributed by atoms with Crippen LogP contribution in [0.3, 0.4) is 0 Å². The summed E-state index contributed by atoms with van der Waals surface area (Å²) in [5.41, 5.74) is 6.41. The molecule has 0 spiro atoms. The molecule has 1 saturated heterocycles. The third-order valence-electron chi connectivity index (χ3n) is 6.01. The molecular weight excluding hydrogens is 362 g/mol. The van der Waals surface area contributed by atoms with Crippen LogP contribution in [0.2, 0.25) is 0 Å². The van der Waals surface area contributed by atoms with Crippen LogP contribution in [-0.2, 0) is 0 Å². The molecule has 29 heavy (non-hydrogen) atoms. The molecular formula is C23H29N5O. The third kappa shape index (κ3) is 3.65. The van der Waals surface area contributed by atoms with E-state index in [-0.39, 0.29) is 5.91 Å². The number of rotatable bonds is 5. The molecule has 3 aromatic rings. The Balaban J connectivity index is 1.62. The molecule has 2 aromatic heterocycles. The van der Waals surface area contributed by atoms with Crippen LogP contribution in [0.25, 0.3) is 16.8 Å². The van der Waals surface area contributed by atoms with E-state index in [0.717, 1.165) is 47.7 Å². The van der Waals surface area contributed by atoms with Gasteiger partial charge in [0.25, 0.3) is 5.91 Å². The van der Waals surface area contributed by atoms with Gasteiger partial charge in [0.1, 0.15) is 0 Å². The zero-order valence-corrected chi connectivity index (χ0v) is 17.7. The zero-order chi connectivity index (χ0) is 20.5. The number of carbonyl (C=O) groups excluding carboxylic acids is 1. The largest absolute Gasteiger partial charge is 0.350 e. The van der Waals surface area contributed by atoms with E-state index < -0.39 is 0 Å². The Morgan fingerprint density at radius 2 is 2.10 bits per heavy atom. The standard InChI is InChI=1S/C23H29N5O/c1-5-27-11-7-10-19(27)13-25-23(29)20-14-24-22-21(16(3)26-28(22)17(20)4)18-9-6-8-15(2)12-18/h6,8-9,12,14,19H,5,7,10-11,13H2,1-4H3,(H,25,29). The van der Waals surface area contributed by atoms with E-state index in [1.807, 2.05) is 19.9 Å². The summed E-state index contributed by atoms with van der Waals surface area (Å²) < 4.78 is 1.80. The van der Waals surface area contributed by atoms with Crippen molar-refractivity contribution in [2.45, 2.75) is 46.6 Å². The van der Waals surface area contributed by atoms with Gasteiger partial charge in [-0.3, -0.25) is 9.69 Å². The van der Waals surface area contributed by atoms with Gasteiger partial charge in [-0.05, 0) is 52.3 Å². The fraction of sp³-hybridized carbons (Fsp3) is 0.435. The SMILES string of the molecule is CCN1CCCC1CNC(=O)c1cnc2c(-c3cccc(C)c3)c(C)nn2c1C. The Morgan fingerprint density at radius 1 is 1.28 bits per heavy atom. The van der Waals surface area contributed by atoms with Gasteiger partial charge in [-0.15, -0.1) is 0 Å². The van der Waals surface area contributed by atoms with E-state index in [0.29, 0.717) is 18.2 Å². The number of hydrogen-bond acceptors (Lipinski definition) is 4. The van der Waals surface area contributed by atoms with Crippen LogP contribution in [0.5, 0.6) is 0 Å². The molecule has 3 heterocycles. The van der Waals surface area contributed by atoms with Gasteiger partial charge in [0.05, 0.1) is 17.0 Å². The quantitative estimate of drug-likeness (QED) is 0.723. The highest BCUT2D eigenvalue weighted by Crippen LogP contribution is 2.28. The summed E-state index contributed by atoms with van der Waals surface area (Å²) in [4.78, 5) is 19.9. The Bertz CT molecular complexity index is 1050. The maximum absolute atomic E-state index is 12.9. The van der Waals surface area contributed by atoms with Crippen molar-refractivity contribution in [2.24, 2.45) is 0 Å². The van der Waals surface area contributed by atoms with E-state index in [2.05, 4.69) is 47.2 Å². The average molecular weight is 392 g/mol. The van der Waals surface area contributed by atoms with Crippen LogP contribution < -0.4 is 5.32 Å². The first-order valence-electron chi connectivity index (χ1n) is 10.4. The van der Waals surface area contributed by atoms with Crippen molar-refractivity contribution in [3.63, 3.8) is 0 Å². The van der Waals surface area contributed by atoms with Crippen molar-refractivity contribution in [3.8, 4) is 11.1 Å². The van der Waals surface area contributed by atoms with Crippen LogP contribution in [0.1, 0.15) is 47.1 Å². The molecule has 1 N–H and O–H groups in total. The van der Waals surface area contributed by atoms with Crippen molar-refractivity contribution in [1.29, 1.82) is 0 Å². The number of carbonyl (C=O) groups is 1. The Kier molecular flexibility index (Phi) is 5.37. The number of aromatic nitrogens is 3. The van der Waals surface area contributed by atoms with Crippen molar-refractivity contribution >= 4 is 11.6 Å². The molecule has 1 aliphatic heterocycles. The molecule has 152 valence electrons. The number of hydrogen-bond donors (Lipinski definition) is 1. The van der Waals surface area contributed by atoms with E-state index in [1.54, 1.807) is 10.7 Å². The number of likely N-dealkylation sites (N-methyl/N-ethyl adjacent to an activating group) is 1. The van der Waals surface area contributed by atoms with Crippen molar-refractivity contribution in [2.75, 3.05) is 19.6 Å². The van der Waals surface area contributed by atoms with Crippen molar-refractivity contribution in [3.05, 3.63) is 53.0 Å². The first-order chi connectivity index (χ1) is 14.0. The van der Waals surface area contributed by atoms with E-state index in [1.165, 1.54) is 12.0 Å². The molecule has 0 aliphatic carbocycles. The lowest BCUT2D eigenvalue weighted by atomic mass is 10.0. The van der Waals surface area contributed by atoms with Crippen molar-refractivity contribution < 1.29 is 4.79 Å². The molecule has 0 bridgehead atoms. The van der Waals surface area contributed by atoms with E-state index >= 15 is 0 Å². The molecule has 6 heteroatoms. The number of benzene rings is 1. The predicted molar refractivity (Wildman–Crippen MR) is 115 cm³/mol. The molecule has 4 rings (SSSR count). The highest BCUT2D eigenvalue weighted by atomic mass is 16.1. The topological polar surface area (TPSA) is 62.5 Å². The molecule has 1 amide bonds. The minimum atomic E-state index is -0.0786. The molecule has 1 unspecified atom stereocenters. The summed E-state index contributed by atoms with van der Waals surface area (Å²) in [7, 11) is 0. The Morgan fingerprint density at radius 3 is 2.86 bits per heavy atom. The first kappa shape index (κ1) is 19.6. The number of fused-ring (bicyclic) bond motifs is 1. The predicted octanol–water partition coefficient (Wildman–Crippen LogP) is 3.54. The van der Waals surface area contributed by atoms with Gasteiger partial charge >= 0.3 is 0 Å². The summed E-state index contributed by atoms with van der Waals surface area (Å²) in [5.74, 6) is -0.0786. The normalized spacial score (nSPS) is 17.2. The van der Waals surface area contributed by atoms with Crippen molar-refractivity contribution in [1.82, 2.24) is 24.8 Å². The maximum Gasteiger partial charge on any atom is 0.254 e. The lowest BCUT2D eigenvalue weighted by Crippen LogP contribution is -2.40. The van der Waals surface area contributed by atoms with Gasteiger partial charge in [0.2, 0.25) is 0 Å². The highest BCUT2D eigenvalue weighted by Gasteiger charge is 2.24. The fourth-order valence-corrected chi connectivity index (χ4v) is 4.41. The molecule has 1 atom stereocenters. The number of aryl methyl sites for hydroxylation is 3. The number of likely N-dealkylation sites (tertiary alicyclic amines) is 1. The summed E-state index contributed by atoms with van der Waals surface area (Å²) in [6.45, 7) is 11.0. The smallest absolute Gasteiger partial charge is 0.254 e. The molecule has 1 aromatic carbocycles. The fourth-order valence-electron chi connectivity index (χ4n) is 4.41. The molecule has 0 radical (unpaired) electrons. The second-order valence-corrected chi connectivity index (χ2v) is 7.96. The van der Waals surface area contributed by atoms with Crippen LogP contribution in [0, 0.1) is 20.8 Å². The van der Waals surface area contributed by atoms with Gasteiger partial charge in [0, 0.05) is 24.3 Å². The van der Waals surface area contributed by atoms with Crippen LogP contribution in [-0.4, -0.2) is 51.1 Å². The number of nitrogens with zero attached hydrogens (tertiary/aromatic N) is 4. The van der Waals surface area contributed by atoms with Crippen LogP contribution >= 0.6 is 0 Å². The lowest BCUT2D eigenvalue weighted by molar-refractivity contribution is 0.0939. The van der Waals surface area contributed by atoms with Gasteiger partial charge in [-0.2, -0.15) is 5.10 Å². The maximum atomic E-state index is 12.9. The third-order valence-corrected chi connectivity index (χ3v) is 6.01. The van der Waals surface area contributed by atoms with Crippen LogP contribution in [0.4, 0.5) is 0 Å². The summed E-state index contributed by atoms with van der Waals surface area (Å²) >= 11 is 0. The van der Waals surface area contributed by atoms with Crippen LogP contribution in [0.15, 0.2) is 30.5 Å². The molecule has 6 nitrogen and oxygen atoms in total. The van der Waals surface area contributed by atoms with Gasteiger partial charge in [-0.1, -0.05) is 36.8 Å². The molecule has 1 fully saturated rings. The second kappa shape index (κ2) is 7.95. The highest BCUT2D eigenvalue weighted by molar-refractivity contribution is 5.95. The second-order valence-electron chi connectivity index (χ2n) is 7.96. The summed E-state index contributed by atoms with van der Waals surface area (Å²) in [6, 6.07) is 8.78. The number of amides is 1. The Hall–Kier alpha value is -2.73. The summed E-state index contributed by atoms with van der Waals surface area (Å²) in [6.07, 6.45) is 4.03. The summed E-state index contributed by atoms with van der Waals surface area (Å²) in [5, 5.41) is 7.80.